The lowest BCUT2D eigenvalue weighted by Crippen LogP contribution is -2.16. The molecule has 0 N–H and O–H groups in total. The van der Waals surface area contributed by atoms with Crippen molar-refractivity contribution in [2.24, 2.45) is 0 Å². The zero-order chi connectivity index (χ0) is 38.6. The standard InChI is InChI=1S/C41H38O12/c1-21(28-8-12-31(13-9-28)48-22(2)42)39-36(18-34(51-25(5)45)20-37(39)52-26(6)46)35-17-30-16-33(50-24(4)44)19-38(53-27(7)47)41(30)40(35)29-10-14-32(15-11-29)49-23(3)43/h8-16,18-21,35,40H,17H2,1-7H3/t21-,35+,40+/m1/s1. The zero-order valence-electron chi connectivity index (χ0n) is 30.3. The topological polar surface area (TPSA) is 158 Å². The van der Waals surface area contributed by atoms with Crippen molar-refractivity contribution < 1.29 is 57.2 Å². The molecule has 4 aromatic rings. The van der Waals surface area contributed by atoms with E-state index in [0.29, 0.717) is 40.2 Å². The van der Waals surface area contributed by atoms with E-state index in [4.69, 9.17) is 28.4 Å². The fourth-order valence-electron chi connectivity index (χ4n) is 6.81. The molecule has 1 aliphatic rings. The second kappa shape index (κ2) is 15.9. The Balaban J connectivity index is 1.80. The lowest BCUT2D eigenvalue weighted by atomic mass is 9.76. The van der Waals surface area contributed by atoms with Gasteiger partial charge in [0.15, 0.2) is 0 Å². The number of fused-ring (bicyclic) bond motifs is 1. The summed E-state index contributed by atoms with van der Waals surface area (Å²) in [4.78, 5) is 72.7. The molecule has 53 heavy (non-hydrogen) atoms. The molecular formula is C41H38O12. The summed E-state index contributed by atoms with van der Waals surface area (Å²) in [5, 5.41) is 0. The monoisotopic (exact) mass is 722 g/mol. The summed E-state index contributed by atoms with van der Waals surface area (Å²) >= 11 is 0. The molecule has 0 spiro atoms. The van der Waals surface area contributed by atoms with E-state index in [1.807, 2.05) is 6.92 Å². The van der Waals surface area contributed by atoms with Gasteiger partial charge in [-0.25, -0.2) is 0 Å². The maximum absolute atomic E-state index is 12.6. The van der Waals surface area contributed by atoms with Crippen LogP contribution in [0.2, 0.25) is 0 Å². The maximum Gasteiger partial charge on any atom is 0.308 e. The summed E-state index contributed by atoms with van der Waals surface area (Å²) in [7, 11) is 0. The summed E-state index contributed by atoms with van der Waals surface area (Å²) in [6, 6.07) is 20.2. The number of benzene rings is 4. The molecular weight excluding hydrogens is 684 g/mol. The summed E-state index contributed by atoms with van der Waals surface area (Å²) in [5.74, 6) is -3.50. The Morgan fingerprint density at radius 2 is 0.962 bits per heavy atom. The van der Waals surface area contributed by atoms with Crippen LogP contribution in [0.15, 0.2) is 72.8 Å². The molecule has 274 valence electrons. The molecule has 1 aliphatic carbocycles. The van der Waals surface area contributed by atoms with Crippen LogP contribution in [0.25, 0.3) is 0 Å². The lowest BCUT2D eigenvalue weighted by molar-refractivity contribution is -0.133. The highest BCUT2D eigenvalue weighted by molar-refractivity contribution is 5.76. The van der Waals surface area contributed by atoms with Crippen LogP contribution < -0.4 is 28.4 Å². The van der Waals surface area contributed by atoms with Crippen molar-refractivity contribution in [1.29, 1.82) is 0 Å². The second-order valence-electron chi connectivity index (χ2n) is 12.6. The van der Waals surface area contributed by atoms with E-state index >= 15 is 0 Å². The van der Waals surface area contributed by atoms with Crippen molar-refractivity contribution in [2.45, 2.75) is 72.6 Å². The fraction of sp³-hybridized carbons (Fsp3) is 0.268. The molecule has 0 fully saturated rings. The average Bonchev–Trinajstić information content (AvgIpc) is 3.43. The highest BCUT2D eigenvalue weighted by Gasteiger charge is 2.41. The van der Waals surface area contributed by atoms with Crippen LogP contribution in [0.5, 0.6) is 34.5 Å². The van der Waals surface area contributed by atoms with Crippen molar-refractivity contribution in [3.8, 4) is 34.5 Å². The molecule has 0 aliphatic heterocycles. The molecule has 0 unspecified atom stereocenters. The Morgan fingerprint density at radius 3 is 1.47 bits per heavy atom. The van der Waals surface area contributed by atoms with E-state index in [2.05, 4.69) is 0 Å². The third kappa shape index (κ3) is 9.14. The van der Waals surface area contributed by atoms with Crippen molar-refractivity contribution in [3.63, 3.8) is 0 Å². The number of hydrogen-bond donors (Lipinski definition) is 0. The van der Waals surface area contributed by atoms with Gasteiger partial charge in [0.1, 0.15) is 34.5 Å². The van der Waals surface area contributed by atoms with E-state index in [-0.39, 0.29) is 23.0 Å². The van der Waals surface area contributed by atoms with Gasteiger partial charge in [-0.15, -0.1) is 0 Å². The number of rotatable bonds is 10. The van der Waals surface area contributed by atoms with Crippen LogP contribution >= 0.6 is 0 Å². The largest absolute Gasteiger partial charge is 0.427 e. The number of hydrogen-bond acceptors (Lipinski definition) is 12. The minimum atomic E-state index is -0.606. The van der Waals surface area contributed by atoms with Gasteiger partial charge in [-0.3, -0.25) is 28.8 Å². The van der Waals surface area contributed by atoms with Gasteiger partial charge in [-0.2, -0.15) is 0 Å². The molecule has 0 saturated heterocycles. The van der Waals surface area contributed by atoms with E-state index < -0.39 is 53.6 Å². The average molecular weight is 723 g/mol. The van der Waals surface area contributed by atoms with Gasteiger partial charge >= 0.3 is 35.8 Å². The highest BCUT2D eigenvalue weighted by atomic mass is 16.6. The van der Waals surface area contributed by atoms with Crippen LogP contribution in [-0.4, -0.2) is 35.8 Å². The van der Waals surface area contributed by atoms with Crippen LogP contribution in [0.1, 0.15) is 99.6 Å². The van der Waals surface area contributed by atoms with Crippen LogP contribution in [0.4, 0.5) is 0 Å². The first kappa shape index (κ1) is 37.9. The molecule has 0 radical (unpaired) electrons. The Kier molecular flexibility index (Phi) is 11.4. The third-order valence-corrected chi connectivity index (χ3v) is 8.51. The van der Waals surface area contributed by atoms with Crippen LogP contribution in [0.3, 0.4) is 0 Å². The Morgan fingerprint density at radius 1 is 0.528 bits per heavy atom. The minimum Gasteiger partial charge on any atom is -0.427 e. The highest BCUT2D eigenvalue weighted by Crippen LogP contribution is 2.55. The van der Waals surface area contributed by atoms with E-state index in [0.717, 1.165) is 11.1 Å². The number of ether oxygens (including phenoxy) is 6. The van der Waals surface area contributed by atoms with E-state index in [9.17, 15) is 28.8 Å². The second-order valence-corrected chi connectivity index (χ2v) is 12.6. The van der Waals surface area contributed by atoms with Crippen molar-refractivity contribution in [2.75, 3.05) is 0 Å². The lowest BCUT2D eigenvalue weighted by Gasteiger charge is -2.29. The minimum absolute atomic E-state index is 0.130. The molecule has 12 heteroatoms. The van der Waals surface area contributed by atoms with Crippen LogP contribution in [0, 0.1) is 0 Å². The summed E-state index contributed by atoms with van der Waals surface area (Å²) in [6.07, 6.45) is 0.309. The van der Waals surface area contributed by atoms with Gasteiger partial charge in [-0.05, 0) is 71.0 Å². The number of carbonyl (C=O) groups is 6. The van der Waals surface area contributed by atoms with Gasteiger partial charge in [0.05, 0.1) is 0 Å². The van der Waals surface area contributed by atoms with E-state index in [1.54, 1.807) is 60.7 Å². The maximum atomic E-state index is 12.6. The smallest absolute Gasteiger partial charge is 0.308 e. The molecule has 0 heterocycles. The molecule has 12 nitrogen and oxygen atoms in total. The Hall–Kier alpha value is -6.30. The SMILES string of the molecule is CC(=O)Oc1ccc([C@@H](C)c2c(OC(C)=O)cc(OC(C)=O)cc2[C@@H]2Cc3cc(OC(C)=O)cc(OC(C)=O)c3[C@H]2c2ccc(OC(C)=O)cc2)cc1. The first-order valence-corrected chi connectivity index (χ1v) is 16.7. The van der Waals surface area contributed by atoms with E-state index in [1.165, 1.54) is 53.7 Å². The van der Waals surface area contributed by atoms with Crippen molar-refractivity contribution in [1.82, 2.24) is 0 Å². The fourth-order valence-corrected chi connectivity index (χ4v) is 6.81. The van der Waals surface area contributed by atoms with Gasteiger partial charge in [-0.1, -0.05) is 31.2 Å². The summed E-state index contributed by atoms with van der Waals surface area (Å²) < 4.78 is 33.1. The van der Waals surface area contributed by atoms with Gasteiger partial charge in [0.25, 0.3) is 0 Å². The first-order valence-electron chi connectivity index (χ1n) is 16.7. The number of carbonyl (C=O) groups excluding carboxylic acids is 6. The van der Waals surface area contributed by atoms with Crippen LogP contribution in [-0.2, 0) is 35.2 Å². The van der Waals surface area contributed by atoms with Crippen molar-refractivity contribution in [3.05, 3.63) is 106 Å². The predicted molar refractivity (Wildman–Crippen MR) is 189 cm³/mol. The summed E-state index contributed by atoms with van der Waals surface area (Å²) in [5.41, 5.74) is 4.11. The van der Waals surface area contributed by atoms with Gasteiger partial charge in [0.2, 0.25) is 0 Å². The molecule has 3 atom stereocenters. The molecule has 0 bridgehead atoms. The molecule has 0 saturated carbocycles. The number of esters is 6. The van der Waals surface area contributed by atoms with Gasteiger partial charge < -0.3 is 28.4 Å². The quantitative estimate of drug-likeness (QED) is 0.124. The van der Waals surface area contributed by atoms with Crippen molar-refractivity contribution >= 4 is 35.8 Å². The zero-order valence-corrected chi connectivity index (χ0v) is 30.3. The summed E-state index contributed by atoms with van der Waals surface area (Å²) in [6.45, 7) is 9.58. The first-order chi connectivity index (χ1) is 25.1. The molecule has 4 aromatic carbocycles. The predicted octanol–water partition coefficient (Wildman–Crippen LogP) is 6.86. The molecule has 0 aromatic heterocycles. The Labute approximate surface area is 305 Å². The Bertz CT molecular complexity index is 2100. The third-order valence-electron chi connectivity index (χ3n) is 8.51. The van der Waals surface area contributed by atoms with Gasteiger partial charge in [0, 0.05) is 76.6 Å². The molecule has 0 amide bonds. The molecule has 5 rings (SSSR count). The normalized spacial score (nSPS) is 15.0.